The van der Waals surface area contributed by atoms with Crippen LogP contribution >= 0.6 is 24.0 Å². The fourth-order valence-electron chi connectivity index (χ4n) is 3.30. The van der Waals surface area contributed by atoms with Gasteiger partial charge in [0.15, 0.2) is 23.3 Å². The van der Waals surface area contributed by atoms with Crippen LogP contribution in [0.4, 0.5) is 0 Å². The summed E-state index contributed by atoms with van der Waals surface area (Å²) >= 11 is 0. The molecule has 28 heavy (non-hydrogen) atoms. The molecule has 1 aromatic heterocycles. The minimum absolute atomic E-state index is 0. The molecule has 0 spiro atoms. The first kappa shape index (κ1) is 22.3. The lowest BCUT2D eigenvalue weighted by Gasteiger charge is -2.32. The maximum Gasteiger partial charge on any atom is 0.194 e. The molecule has 2 aromatic rings. The molecule has 1 aliphatic rings. The molecule has 0 saturated carbocycles. The Morgan fingerprint density at radius 2 is 1.89 bits per heavy atom. The molecule has 0 aliphatic carbocycles. The Morgan fingerprint density at radius 3 is 2.54 bits per heavy atom. The third kappa shape index (κ3) is 4.86. The van der Waals surface area contributed by atoms with Crippen molar-refractivity contribution >= 4 is 29.9 Å². The van der Waals surface area contributed by atoms with Gasteiger partial charge in [0.2, 0.25) is 0 Å². The summed E-state index contributed by atoms with van der Waals surface area (Å²) < 4.78 is 12.9. The van der Waals surface area contributed by atoms with Crippen molar-refractivity contribution in [3.8, 4) is 11.5 Å². The van der Waals surface area contributed by atoms with Crippen LogP contribution in [-0.2, 0) is 26.1 Å². The third-order valence-electron chi connectivity index (χ3n) is 4.76. The molecule has 0 bridgehead atoms. The molecule has 0 unspecified atom stereocenters. The summed E-state index contributed by atoms with van der Waals surface area (Å²) in [6.45, 7) is 7.99. The molecule has 0 amide bonds. The fourth-order valence-corrected chi connectivity index (χ4v) is 3.30. The zero-order valence-electron chi connectivity index (χ0n) is 16.9. The standard InChI is InChI=1S/C19H28N6O2.HI/c1-5-20-19(21-11-18-23-22-13-24(18)6-2)25-8-7-14-9-16(26-3)17(27-4)10-15(14)12-25;/h9-10,13H,5-8,11-12H2,1-4H3,(H,20,21);1H. The highest BCUT2D eigenvalue weighted by molar-refractivity contribution is 14.0. The van der Waals surface area contributed by atoms with E-state index in [4.69, 9.17) is 14.5 Å². The number of methoxy groups -OCH3 is 2. The van der Waals surface area contributed by atoms with Crippen LogP contribution in [0, 0.1) is 0 Å². The van der Waals surface area contributed by atoms with E-state index in [1.807, 2.05) is 4.57 Å². The average molecular weight is 500 g/mol. The smallest absolute Gasteiger partial charge is 0.194 e. The van der Waals surface area contributed by atoms with Crippen molar-refractivity contribution < 1.29 is 9.47 Å². The van der Waals surface area contributed by atoms with E-state index in [0.29, 0.717) is 6.54 Å². The molecule has 1 N–H and O–H groups in total. The summed E-state index contributed by atoms with van der Waals surface area (Å²) in [5.41, 5.74) is 2.53. The van der Waals surface area contributed by atoms with Crippen LogP contribution in [0.2, 0.25) is 0 Å². The maximum atomic E-state index is 5.46. The van der Waals surface area contributed by atoms with Gasteiger partial charge < -0.3 is 24.3 Å². The Balaban J connectivity index is 0.00000280. The zero-order chi connectivity index (χ0) is 19.2. The van der Waals surface area contributed by atoms with Crippen LogP contribution in [0.25, 0.3) is 0 Å². The predicted octanol–water partition coefficient (Wildman–Crippen LogP) is 2.46. The molecule has 154 valence electrons. The minimum Gasteiger partial charge on any atom is -0.493 e. The van der Waals surface area contributed by atoms with E-state index >= 15 is 0 Å². The minimum atomic E-state index is 0. The summed E-state index contributed by atoms with van der Waals surface area (Å²) in [5.74, 6) is 3.31. The van der Waals surface area contributed by atoms with Crippen LogP contribution in [0.3, 0.4) is 0 Å². The highest BCUT2D eigenvalue weighted by atomic mass is 127. The fraction of sp³-hybridized carbons (Fsp3) is 0.526. The Bertz CT molecular complexity index is 808. The van der Waals surface area contributed by atoms with E-state index < -0.39 is 0 Å². The van der Waals surface area contributed by atoms with Crippen molar-refractivity contribution in [2.45, 2.75) is 39.9 Å². The molecular formula is C19H29IN6O2. The van der Waals surface area contributed by atoms with Crippen LogP contribution < -0.4 is 14.8 Å². The van der Waals surface area contributed by atoms with E-state index in [-0.39, 0.29) is 24.0 Å². The maximum absolute atomic E-state index is 5.46. The van der Waals surface area contributed by atoms with E-state index in [1.54, 1.807) is 20.5 Å². The van der Waals surface area contributed by atoms with Crippen molar-refractivity contribution in [3.05, 3.63) is 35.4 Å². The Hall–Kier alpha value is -2.04. The van der Waals surface area contributed by atoms with Crippen molar-refractivity contribution in [2.75, 3.05) is 27.3 Å². The second-order valence-corrected chi connectivity index (χ2v) is 6.35. The summed E-state index contributed by atoms with van der Waals surface area (Å²) in [4.78, 5) is 7.06. The molecule has 0 saturated heterocycles. The van der Waals surface area contributed by atoms with Crippen molar-refractivity contribution in [1.82, 2.24) is 25.0 Å². The first-order chi connectivity index (χ1) is 13.2. The van der Waals surface area contributed by atoms with Crippen LogP contribution in [0.1, 0.15) is 30.8 Å². The number of hydrogen-bond donors (Lipinski definition) is 1. The summed E-state index contributed by atoms with van der Waals surface area (Å²) in [6.07, 6.45) is 2.68. The molecule has 1 aliphatic heterocycles. The van der Waals surface area contributed by atoms with E-state index in [9.17, 15) is 0 Å². The molecule has 0 radical (unpaired) electrons. The van der Waals surface area contributed by atoms with Gasteiger partial charge in [0.1, 0.15) is 12.9 Å². The van der Waals surface area contributed by atoms with E-state index in [1.165, 1.54) is 11.1 Å². The third-order valence-corrected chi connectivity index (χ3v) is 4.76. The monoisotopic (exact) mass is 500 g/mol. The molecule has 9 heteroatoms. The summed E-state index contributed by atoms with van der Waals surface area (Å²) in [7, 11) is 3.34. The second-order valence-electron chi connectivity index (χ2n) is 6.35. The molecule has 0 atom stereocenters. The predicted molar refractivity (Wildman–Crippen MR) is 120 cm³/mol. The number of fused-ring (bicyclic) bond motifs is 1. The van der Waals surface area contributed by atoms with Gasteiger partial charge in [-0.15, -0.1) is 34.2 Å². The number of halogens is 1. The van der Waals surface area contributed by atoms with Crippen LogP contribution in [0.15, 0.2) is 23.5 Å². The van der Waals surface area contributed by atoms with Gasteiger partial charge in [-0.2, -0.15) is 0 Å². The molecule has 0 fully saturated rings. The van der Waals surface area contributed by atoms with Gasteiger partial charge in [0, 0.05) is 26.2 Å². The number of rotatable bonds is 6. The zero-order valence-corrected chi connectivity index (χ0v) is 19.3. The second kappa shape index (κ2) is 10.5. The van der Waals surface area contributed by atoms with Crippen LogP contribution in [-0.4, -0.2) is 52.9 Å². The van der Waals surface area contributed by atoms with Crippen molar-refractivity contribution in [1.29, 1.82) is 0 Å². The summed E-state index contributed by atoms with van der Waals surface area (Å²) in [6, 6.07) is 4.15. The van der Waals surface area contributed by atoms with Gasteiger partial charge in [-0.05, 0) is 43.5 Å². The molecule has 8 nitrogen and oxygen atoms in total. The van der Waals surface area contributed by atoms with E-state index in [2.05, 4.69) is 46.4 Å². The SMILES string of the molecule is CCNC(=NCc1nncn1CC)N1CCc2cc(OC)c(OC)cc2C1.I. The number of aliphatic imine (C=N–C) groups is 1. The highest BCUT2D eigenvalue weighted by Crippen LogP contribution is 2.33. The number of nitrogens with zero attached hydrogens (tertiary/aromatic N) is 5. The number of hydrogen-bond acceptors (Lipinski definition) is 5. The number of ether oxygens (including phenoxy) is 2. The topological polar surface area (TPSA) is 76.8 Å². The average Bonchev–Trinajstić information content (AvgIpc) is 3.17. The first-order valence-corrected chi connectivity index (χ1v) is 9.33. The number of aromatic nitrogens is 3. The highest BCUT2D eigenvalue weighted by Gasteiger charge is 2.21. The van der Waals surface area contributed by atoms with Gasteiger partial charge in [-0.1, -0.05) is 0 Å². The Morgan fingerprint density at radius 1 is 1.18 bits per heavy atom. The van der Waals surface area contributed by atoms with Gasteiger partial charge in [0.05, 0.1) is 14.2 Å². The van der Waals surface area contributed by atoms with Gasteiger partial charge in [-0.25, -0.2) is 4.99 Å². The van der Waals surface area contributed by atoms with Gasteiger partial charge in [0.25, 0.3) is 0 Å². The number of aryl methyl sites for hydroxylation is 1. The number of nitrogens with one attached hydrogen (secondary N) is 1. The number of benzene rings is 1. The quantitative estimate of drug-likeness (QED) is 0.373. The molecule has 2 heterocycles. The lowest BCUT2D eigenvalue weighted by Crippen LogP contribution is -2.44. The van der Waals surface area contributed by atoms with Crippen molar-refractivity contribution in [3.63, 3.8) is 0 Å². The lowest BCUT2D eigenvalue weighted by atomic mass is 9.99. The summed E-state index contributed by atoms with van der Waals surface area (Å²) in [5, 5.41) is 11.5. The Labute approximate surface area is 183 Å². The normalized spacial score (nSPS) is 13.6. The van der Waals surface area contributed by atoms with E-state index in [0.717, 1.165) is 55.9 Å². The Kier molecular flexibility index (Phi) is 8.34. The van der Waals surface area contributed by atoms with Gasteiger partial charge in [-0.3, -0.25) is 0 Å². The van der Waals surface area contributed by atoms with Crippen molar-refractivity contribution in [2.24, 2.45) is 4.99 Å². The molecule has 1 aromatic carbocycles. The number of guanidine groups is 1. The lowest BCUT2D eigenvalue weighted by molar-refractivity contribution is 0.346. The largest absolute Gasteiger partial charge is 0.493 e. The molecule has 3 rings (SSSR count). The van der Waals surface area contributed by atoms with Gasteiger partial charge >= 0.3 is 0 Å². The molecular weight excluding hydrogens is 471 g/mol. The first-order valence-electron chi connectivity index (χ1n) is 9.33. The van der Waals surface area contributed by atoms with Crippen LogP contribution in [0.5, 0.6) is 11.5 Å².